The quantitative estimate of drug-likeness (QED) is 0.493. The minimum atomic E-state index is -0.289. The molecule has 0 aliphatic heterocycles. The minimum absolute atomic E-state index is 0.163. The van der Waals surface area contributed by atoms with Gasteiger partial charge in [0.25, 0.3) is 5.56 Å². The van der Waals surface area contributed by atoms with Crippen LogP contribution in [0, 0.1) is 24.6 Å². The first-order chi connectivity index (χ1) is 13.1. The van der Waals surface area contributed by atoms with Crippen LogP contribution in [0.3, 0.4) is 0 Å². The maximum atomic E-state index is 13.1. The van der Waals surface area contributed by atoms with Gasteiger partial charge in [-0.05, 0) is 54.3 Å². The summed E-state index contributed by atoms with van der Waals surface area (Å²) in [5.41, 5.74) is 3.22. The number of benzene rings is 2. The number of aromatic nitrogens is 2. The van der Waals surface area contributed by atoms with Gasteiger partial charge in [-0.15, -0.1) is 5.10 Å². The Morgan fingerprint density at radius 2 is 1.81 bits per heavy atom. The SMILES string of the molecule is Cc1cc(Cc2ccc(F)cc2)c(=O)n2nc(C#Cc3ccccc3)sc12. The van der Waals surface area contributed by atoms with Crippen LogP contribution in [-0.2, 0) is 6.42 Å². The predicted octanol–water partition coefficient (Wildman–Crippen LogP) is 4.19. The fourth-order valence-electron chi connectivity index (χ4n) is 2.84. The molecule has 2 aromatic heterocycles. The first-order valence-electron chi connectivity index (χ1n) is 8.44. The number of pyridine rings is 1. The second-order valence-corrected chi connectivity index (χ2v) is 7.18. The molecule has 0 atom stereocenters. The van der Waals surface area contributed by atoms with E-state index in [1.54, 1.807) is 12.1 Å². The average Bonchev–Trinajstić information content (AvgIpc) is 3.12. The summed E-state index contributed by atoms with van der Waals surface area (Å²) >= 11 is 1.40. The van der Waals surface area contributed by atoms with Crippen LogP contribution < -0.4 is 5.56 Å². The van der Waals surface area contributed by atoms with E-state index in [9.17, 15) is 9.18 Å². The van der Waals surface area contributed by atoms with E-state index < -0.39 is 0 Å². The number of halogens is 1. The lowest BCUT2D eigenvalue weighted by molar-refractivity contribution is 0.627. The van der Waals surface area contributed by atoms with Crippen LogP contribution in [0.4, 0.5) is 4.39 Å². The molecule has 4 aromatic rings. The van der Waals surface area contributed by atoms with Gasteiger partial charge in [-0.3, -0.25) is 4.79 Å². The molecule has 0 aliphatic carbocycles. The second-order valence-electron chi connectivity index (χ2n) is 6.20. The third-order valence-corrected chi connectivity index (χ3v) is 5.23. The number of fused-ring (bicyclic) bond motifs is 1. The fraction of sp³-hybridized carbons (Fsp3) is 0.0909. The monoisotopic (exact) mass is 374 g/mol. The van der Waals surface area contributed by atoms with Crippen molar-refractivity contribution in [3.63, 3.8) is 0 Å². The predicted molar refractivity (Wildman–Crippen MR) is 106 cm³/mol. The Balaban J connectivity index is 1.72. The summed E-state index contributed by atoms with van der Waals surface area (Å²) in [5, 5.41) is 4.99. The molecule has 0 aliphatic rings. The number of rotatable bonds is 2. The molecule has 0 amide bonds. The number of aryl methyl sites for hydroxylation is 1. The molecule has 4 rings (SSSR count). The molecule has 0 N–H and O–H groups in total. The van der Waals surface area contributed by atoms with Gasteiger partial charge in [-0.25, -0.2) is 4.39 Å². The summed E-state index contributed by atoms with van der Waals surface area (Å²) in [7, 11) is 0. The molecule has 3 nitrogen and oxygen atoms in total. The molecular formula is C22H15FN2OS. The highest BCUT2D eigenvalue weighted by Gasteiger charge is 2.12. The normalized spacial score (nSPS) is 10.6. The van der Waals surface area contributed by atoms with Crippen molar-refractivity contribution in [2.24, 2.45) is 0 Å². The molecule has 0 radical (unpaired) electrons. The zero-order chi connectivity index (χ0) is 18.8. The Kier molecular flexibility index (Phi) is 4.57. The van der Waals surface area contributed by atoms with Gasteiger partial charge < -0.3 is 0 Å². The Bertz CT molecular complexity index is 1230. The van der Waals surface area contributed by atoms with Crippen LogP contribution in [0.2, 0.25) is 0 Å². The summed E-state index contributed by atoms with van der Waals surface area (Å²) in [6, 6.07) is 17.7. The second kappa shape index (κ2) is 7.18. The van der Waals surface area contributed by atoms with Crippen molar-refractivity contribution in [1.82, 2.24) is 9.61 Å². The largest absolute Gasteiger partial charge is 0.275 e. The van der Waals surface area contributed by atoms with Crippen molar-refractivity contribution in [1.29, 1.82) is 0 Å². The third kappa shape index (κ3) is 3.67. The maximum absolute atomic E-state index is 13.1. The topological polar surface area (TPSA) is 34.4 Å². The molecule has 132 valence electrons. The summed E-state index contributed by atoms with van der Waals surface area (Å²) in [6.45, 7) is 1.95. The summed E-state index contributed by atoms with van der Waals surface area (Å²) < 4.78 is 14.5. The summed E-state index contributed by atoms with van der Waals surface area (Å²) in [5.74, 6) is 5.82. The number of nitrogens with zero attached hydrogens (tertiary/aromatic N) is 2. The molecule has 0 saturated heterocycles. The van der Waals surface area contributed by atoms with Crippen LogP contribution in [0.1, 0.15) is 27.3 Å². The molecule has 0 saturated carbocycles. The van der Waals surface area contributed by atoms with Gasteiger partial charge in [0.1, 0.15) is 10.6 Å². The van der Waals surface area contributed by atoms with Gasteiger partial charge >= 0.3 is 0 Å². The van der Waals surface area contributed by atoms with E-state index in [1.165, 1.54) is 28.0 Å². The van der Waals surface area contributed by atoms with Crippen molar-refractivity contribution in [2.75, 3.05) is 0 Å². The van der Waals surface area contributed by atoms with Crippen molar-refractivity contribution in [2.45, 2.75) is 13.3 Å². The van der Waals surface area contributed by atoms with E-state index in [4.69, 9.17) is 0 Å². The zero-order valence-electron chi connectivity index (χ0n) is 14.6. The Hall–Kier alpha value is -3.23. The van der Waals surface area contributed by atoms with E-state index >= 15 is 0 Å². The van der Waals surface area contributed by atoms with Gasteiger partial charge in [0.15, 0.2) is 5.01 Å². The van der Waals surface area contributed by atoms with Crippen molar-refractivity contribution in [3.8, 4) is 11.8 Å². The van der Waals surface area contributed by atoms with Crippen LogP contribution in [0.25, 0.3) is 4.83 Å². The first-order valence-corrected chi connectivity index (χ1v) is 9.26. The van der Waals surface area contributed by atoms with Gasteiger partial charge in [0, 0.05) is 17.5 Å². The lowest BCUT2D eigenvalue weighted by Gasteiger charge is -2.04. The van der Waals surface area contributed by atoms with E-state index in [-0.39, 0.29) is 11.4 Å². The lowest BCUT2D eigenvalue weighted by atomic mass is 10.1. The molecule has 27 heavy (non-hydrogen) atoms. The molecule has 2 aromatic carbocycles. The molecule has 5 heteroatoms. The highest BCUT2D eigenvalue weighted by atomic mass is 32.1. The molecule has 0 spiro atoms. The van der Waals surface area contributed by atoms with Gasteiger partial charge in [0.2, 0.25) is 0 Å². The maximum Gasteiger partial charge on any atom is 0.275 e. The number of hydrogen-bond donors (Lipinski definition) is 0. The smallest absolute Gasteiger partial charge is 0.267 e. The molecular weight excluding hydrogens is 359 g/mol. The molecule has 0 bridgehead atoms. The van der Waals surface area contributed by atoms with Crippen molar-refractivity contribution >= 4 is 16.2 Å². The minimum Gasteiger partial charge on any atom is -0.267 e. The Morgan fingerprint density at radius 3 is 2.56 bits per heavy atom. The van der Waals surface area contributed by atoms with E-state index in [0.717, 1.165) is 21.5 Å². The van der Waals surface area contributed by atoms with Gasteiger partial charge in [0.05, 0.1) is 0 Å². The van der Waals surface area contributed by atoms with Crippen LogP contribution >= 0.6 is 11.3 Å². The third-order valence-electron chi connectivity index (χ3n) is 4.17. The Labute approximate surface area is 159 Å². The van der Waals surface area contributed by atoms with E-state index in [1.807, 2.05) is 43.3 Å². The van der Waals surface area contributed by atoms with Gasteiger partial charge in [-0.1, -0.05) is 47.6 Å². The first kappa shape index (κ1) is 17.2. The zero-order valence-corrected chi connectivity index (χ0v) is 15.4. The van der Waals surface area contributed by atoms with Crippen molar-refractivity contribution < 1.29 is 4.39 Å². The van der Waals surface area contributed by atoms with Crippen LogP contribution in [0.5, 0.6) is 0 Å². The average molecular weight is 374 g/mol. The standard InChI is InChI=1S/C22H15FN2OS/c1-15-13-18(14-17-7-10-19(23)11-8-17)21(26)25-22(15)27-20(24-25)12-9-16-5-3-2-4-6-16/h2-8,10-11,13H,14H2,1H3. The molecule has 2 heterocycles. The fourth-order valence-corrected chi connectivity index (χ4v) is 3.68. The highest BCUT2D eigenvalue weighted by Crippen LogP contribution is 2.19. The summed E-state index contributed by atoms with van der Waals surface area (Å²) in [6.07, 6.45) is 0.436. The van der Waals surface area contributed by atoms with E-state index in [2.05, 4.69) is 16.9 Å². The van der Waals surface area contributed by atoms with Crippen LogP contribution in [0.15, 0.2) is 65.5 Å². The van der Waals surface area contributed by atoms with E-state index in [0.29, 0.717) is 17.0 Å². The lowest BCUT2D eigenvalue weighted by Crippen LogP contribution is -2.19. The molecule has 0 fully saturated rings. The Morgan fingerprint density at radius 1 is 1.07 bits per heavy atom. The summed E-state index contributed by atoms with van der Waals surface area (Å²) in [4.78, 5) is 13.6. The molecule has 0 unspecified atom stereocenters. The van der Waals surface area contributed by atoms with Crippen LogP contribution in [-0.4, -0.2) is 9.61 Å². The van der Waals surface area contributed by atoms with Gasteiger partial charge in [-0.2, -0.15) is 4.52 Å². The van der Waals surface area contributed by atoms with Crippen molar-refractivity contribution in [3.05, 3.63) is 104 Å². The highest BCUT2D eigenvalue weighted by molar-refractivity contribution is 7.17. The number of hydrogen-bond acceptors (Lipinski definition) is 3.